The van der Waals surface area contributed by atoms with Gasteiger partial charge in [0, 0.05) is 18.5 Å². The molecule has 140 valence electrons. The molecule has 0 aliphatic carbocycles. The molecule has 1 atom stereocenters. The van der Waals surface area contributed by atoms with E-state index in [1.54, 1.807) is 0 Å². The van der Waals surface area contributed by atoms with Gasteiger partial charge in [0.1, 0.15) is 11.9 Å². The molecule has 26 heavy (non-hydrogen) atoms. The van der Waals surface area contributed by atoms with Crippen LogP contribution in [-0.4, -0.2) is 25.3 Å². The van der Waals surface area contributed by atoms with Crippen LogP contribution >= 0.6 is 24.0 Å². The first kappa shape index (κ1) is 20.5. The highest BCUT2D eigenvalue weighted by atomic mass is 127. The molecule has 1 saturated heterocycles. The lowest BCUT2D eigenvalue weighted by molar-refractivity contribution is 0.140. The summed E-state index contributed by atoms with van der Waals surface area (Å²) in [6.45, 7) is 4.62. The largest absolute Gasteiger partial charge is 0.488 e. The molecule has 0 spiro atoms. The van der Waals surface area contributed by atoms with Crippen molar-refractivity contribution in [3.05, 3.63) is 65.2 Å². The Bertz CT molecular complexity index is 716. The Morgan fingerprint density at radius 2 is 2.08 bits per heavy atom. The van der Waals surface area contributed by atoms with Crippen LogP contribution in [0, 0.1) is 6.92 Å². The highest BCUT2D eigenvalue weighted by molar-refractivity contribution is 14.0. The third kappa shape index (κ3) is 6.17. The van der Waals surface area contributed by atoms with Crippen LogP contribution in [-0.2, 0) is 17.8 Å². The summed E-state index contributed by atoms with van der Waals surface area (Å²) in [6.07, 6.45) is 1.06. The van der Waals surface area contributed by atoms with Crippen LogP contribution in [0.3, 0.4) is 0 Å². The zero-order valence-corrected chi connectivity index (χ0v) is 17.3. The predicted molar refractivity (Wildman–Crippen MR) is 115 cm³/mol. The summed E-state index contributed by atoms with van der Waals surface area (Å²) in [5, 5.41) is 3.17. The normalized spacial score (nSPS) is 16.8. The first-order valence-electron chi connectivity index (χ1n) is 8.62. The van der Waals surface area contributed by atoms with E-state index in [0.717, 1.165) is 29.9 Å². The van der Waals surface area contributed by atoms with Crippen molar-refractivity contribution in [3.63, 3.8) is 0 Å². The number of nitrogens with zero attached hydrogens (tertiary/aromatic N) is 1. The Kier molecular flexibility index (Phi) is 8.18. The number of halogens is 1. The van der Waals surface area contributed by atoms with Gasteiger partial charge in [-0.3, -0.25) is 0 Å². The smallest absolute Gasteiger partial charge is 0.189 e. The molecule has 2 aromatic carbocycles. The van der Waals surface area contributed by atoms with Crippen LogP contribution in [0.25, 0.3) is 0 Å². The van der Waals surface area contributed by atoms with Gasteiger partial charge in [-0.15, -0.1) is 24.0 Å². The molecule has 0 aromatic heterocycles. The van der Waals surface area contributed by atoms with Gasteiger partial charge in [-0.1, -0.05) is 42.5 Å². The number of nitrogens with two attached hydrogens (primary N) is 1. The summed E-state index contributed by atoms with van der Waals surface area (Å²) >= 11 is 0. The lowest BCUT2D eigenvalue weighted by Gasteiger charge is -2.17. The second-order valence-corrected chi connectivity index (χ2v) is 6.26. The molecule has 1 aliphatic rings. The van der Waals surface area contributed by atoms with Crippen molar-refractivity contribution >= 4 is 29.9 Å². The fourth-order valence-electron chi connectivity index (χ4n) is 2.70. The van der Waals surface area contributed by atoms with E-state index in [0.29, 0.717) is 25.7 Å². The average molecular weight is 467 g/mol. The van der Waals surface area contributed by atoms with Crippen LogP contribution in [0.2, 0.25) is 0 Å². The molecule has 1 aliphatic heterocycles. The molecule has 1 unspecified atom stereocenters. The van der Waals surface area contributed by atoms with Gasteiger partial charge in [-0.2, -0.15) is 0 Å². The van der Waals surface area contributed by atoms with Gasteiger partial charge in [0.15, 0.2) is 5.96 Å². The van der Waals surface area contributed by atoms with Crippen LogP contribution < -0.4 is 15.8 Å². The summed E-state index contributed by atoms with van der Waals surface area (Å²) in [4.78, 5) is 4.38. The van der Waals surface area contributed by atoms with Crippen molar-refractivity contribution in [2.45, 2.75) is 32.5 Å². The molecule has 1 heterocycles. The van der Waals surface area contributed by atoms with Crippen LogP contribution in [0.4, 0.5) is 0 Å². The molecule has 0 bridgehead atoms. The van der Waals surface area contributed by atoms with E-state index in [2.05, 4.69) is 35.4 Å². The molecule has 5 nitrogen and oxygen atoms in total. The molecule has 1 fully saturated rings. The number of aryl methyl sites for hydroxylation is 1. The number of nitrogens with one attached hydrogen (secondary N) is 1. The zero-order valence-electron chi connectivity index (χ0n) is 15.0. The third-order valence-corrected chi connectivity index (χ3v) is 4.14. The van der Waals surface area contributed by atoms with Crippen molar-refractivity contribution in [2.24, 2.45) is 10.7 Å². The van der Waals surface area contributed by atoms with Gasteiger partial charge < -0.3 is 20.5 Å². The van der Waals surface area contributed by atoms with Crippen molar-refractivity contribution < 1.29 is 9.47 Å². The summed E-state index contributed by atoms with van der Waals surface area (Å²) < 4.78 is 11.5. The SMILES string of the molecule is Cc1ccc(CNC(N)=NCc2ccccc2)c(OC2CCOC2)c1.I. The number of ether oxygens (including phenoxy) is 2. The number of hydrogen-bond acceptors (Lipinski definition) is 3. The lowest BCUT2D eigenvalue weighted by atomic mass is 10.1. The number of aliphatic imine (C=N–C) groups is 1. The van der Waals surface area contributed by atoms with Crippen molar-refractivity contribution in [1.82, 2.24) is 5.32 Å². The van der Waals surface area contributed by atoms with Gasteiger partial charge in [-0.25, -0.2) is 4.99 Å². The van der Waals surface area contributed by atoms with E-state index in [1.165, 1.54) is 5.56 Å². The molecular weight excluding hydrogens is 441 g/mol. The summed E-state index contributed by atoms with van der Waals surface area (Å²) in [5.74, 6) is 1.32. The summed E-state index contributed by atoms with van der Waals surface area (Å²) in [5.41, 5.74) is 9.36. The van der Waals surface area contributed by atoms with Gasteiger partial charge in [0.25, 0.3) is 0 Å². The minimum absolute atomic E-state index is 0. The third-order valence-electron chi connectivity index (χ3n) is 4.14. The van der Waals surface area contributed by atoms with E-state index in [1.807, 2.05) is 30.3 Å². The monoisotopic (exact) mass is 467 g/mol. The Morgan fingerprint density at radius 3 is 2.81 bits per heavy atom. The second-order valence-electron chi connectivity index (χ2n) is 6.26. The van der Waals surface area contributed by atoms with Crippen molar-refractivity contribution in [2.75, 3.05) is 13.2 Å². The molecule has 3 N–H and O–H groups in total. The Morgan fingerprint density at radius 1 is 1.27 bits per heavy atom. The highest BCUT2D eigenvalue weighted by Gasteiger charge is 2.18. The Labute approximate surface area is 172 Å². The number of hydrogen-bond donors (Lipinski definition) is 2. The van der Waals surface area contributed by atoms with Crippen LogP contribution in [0.15, 0.2) is 53.5 Å². The van der Waals surface area contributed by atoms with E-state index in [-0.39, 0.29) is 30.1 Å². The first-order valence-corrected chi connectivity index (χ1v) is 8.62. The molecular formula is C20H26IN3O2. The van der Waals surface area contributed by atoms with E-state index in [4.69, 9.17) is 15.2 Å². The Balaban J connectivity index is 0.00000243. The van der Waals surface area contributed by atoms with E-state index in [9.17, 15) is 0 Å². The maximum atomic E-state index is 6.10. The average Bonchev–Trinajstić information content (AvgIpc) is 3.13. The minimum atomic E-state index is 0. The summed E-state index contributed by atoms with van der Waals surface area (Å²) in [6, 6.07) is 16.3. The zero-order chi connectivity index (χ0) is 17.5. The van der Waals surface area contributed by atoms with Crippen LogP contribution in [0.5, 0.6) is 5.75 Å². The van der Waals surface area contributed by atoms with Gasteiger partial charge in [0.05, 0.1) is 19.8 Å². The maximum absolute atomic E-state index is 6.10. The number of guanidine groups is 1. The van der Waals surface area contributed by atoms with Crippen LogP contribution in [0.1, 0.15) is 23.1 Å². The lowest BCUT2D eigenvalue weighted by Crippen LogP contribution is -2.31. The number of rotatable bonds is 6. The standard InChI is InChI=1S/C20H25N3O2.HI/c1-15-7-8-17(19(11-15)25-18-9-10-24-14-18)13-23-20(21)22-12-16-5-3-2-4-6-16;/h2-8,11,18H,9-10,12-14H2,1H3,(H3,21,22,23);1H. The topological polar surface area (TPSA) is 68.9 Å². The molecule has 2 aromatic rings. The summed E-state index contributed by atoms with van der Waals surface area (Å²) in [7, 11) is 0. The number of benzene rings is 2. The molecule has 6 heteroatoms. The maximum Gasteiger partial charge on any atom is 0.189 e. The van der Waals surface area contributed by atoms with E-state index >= 15 is 0 Å². The molecule has 0 saturated carbocycles. The quantitative estimate of drug-likeness (QED) is 0.389. The fraction of sp³-hybridized carbons (Fsp3) is 0.350. The van der Waals surface area contributed by atoms with Crippen molar-refractivity contribution in [1.29, 1.82) is 0 Å². The first-order chi connectivity index (χ1) is 12.2. The highest BCUT2D eigenvalue weighted by Crippen LogP contribution is 2.23. The van der Waals surface area contributed by atoms with E-state index < -0.39 is 0 Å². The minimum Gasteiger partial charge on any atom is -0.488 e. The molecule has 0 radical (unpaired) electrons. The van der Waals surface area contributed by atoms with Gasteiger partial charge >= 0.3 is 0 Å². The molecule has 3 rings (SSSR count). The fourth-order valence-corrected chi connectivity index (χ4v) is 2.70. The Hall–Kier alpha value is -1.80. The van der Waals surface area contributed by atoms with Crippen molar-refractivity contribution in [3.8, 4) is 5.75 Å². The predicted octanol–water partition coefficient (Wildman–Crippen LogP) is 3.39. The second kappa shape index (κ2) is 10.4. The van der Waals surface area contributed by atoms with Gasteiger partial charge in [0.2, 0.25) is 0 Å². The molecule has 0 amide bonds. The van der Waals surface area contributed by atoms with Gasteiger partial charge in [-0.05, 0) is 24.1 Å².